The molecule has 1 aliphatic rings. The fraction of sp³-hybridized carbons (Fsp3) is 0.435. The smallest absolute Gasteiger partial charge is 0.229 e. The van der Waals surface area contributed by atoms with Crippen LogP contribution in [0.5, 0.6) is 0 Å². The number of halogens is 1. The van der Waals surface area contributed by atoms with Crippen molar-refractivity contribution >= 4 is 11.6 Å². The number of carbonyl (C=O) groups is 1. The molecule has 0 aliphatic carbocycles. The van der Waals surface area contributed by atoms with E-state index in [0.29, 0.717) is 0 Å². The van der Waals surface area contributed by atoms with Gasteiger partial charge in [-0.2, -0.15) is 0 Å². The van der Waals surface area contributed by atoms with E-state index in [2.05, 4.69) is 29.2 Å². The van der Waals surface area contributed by atoms with E-state index < -0.39 is 0 Å². The van der Waals surface area contributed by atoms with Gasteiger partial charge in [0, 0.05) is 37.3 Å². The summed E-state index contributed by atoms with van der Waals surface area (Å²) in [6.45, 7) is 6.87. The maximum Gasteiger partial charge on any atom is 0.229 e. The molecule has 2 aromatic carbocycles. The predicted molar refractivity (Wildman–Crippen MR) is 108 cm³/mol. The van der Waals surface area contributed by atoms with Crippen molar-refractivity contribution < 1.29 is 9.18 Å². The van der Waals surface area contributed by atoms with Gasteiger partial charge in [-0.15, -0.1) is 0 Å². The largest absolute Gasteiger partial charge is 0.309 e. The van der Waals surface area contributed by atoms with Crippen LogP contribution in [-0.4, -0.2) is 36.5 Å². The summed E-state index contributed by atoms with van der Waals surface area (Å²) in [6.07, 6.45) is 2.95. The number of rotatable bonds is 6. The molecule has 1 amide bonds. The van der Waals surface area contributed by atoms with E-state index >= 15 is 0 Å². The highest BCUT2D eigenvalue weighted by molar-refractivity contribution is 5.95. The fourth-order valence-corrected chi connectivity index (χ4v) is 3.73. The summed E-state index contributed by atoms with van der Waals surface area (Å²) in [6, 6.07) is 17.0. The van der Waals surface area contributed by atoms with Crippen molar-refractivity contribution in [2.45, 2.75) is 39.2 Å². The third-order valence-corrected chi connectivity index (χ3v) is 5.32. The van der Waals surface area contributed by atoms with Crippen molar-refractivity contribution in [3.8, 4) is 0 Å². The minimum Gasteiger partial charge on any atom is -0.309 e. The lowest BCUT2D eigenvalue weighted by Crippen LogP contribution is -2.49. The molecule has 4 heteroatoms. The van der Waals surface area contributed by atoms with Gasteiger partial charge < -0.3 is 9.80 Å². The summed E-state index contributed by atoms with van der Waals surface area (Å²) < 4.78 is 13.3. The summed E-state index contributed by atoms with van der Waals surface area (Å²) in [5, 5.41) is 0. The fourth-order valence-electron chi connectivity index (χ4n) is 3.73. The van der Waals surface area contributed by atoms with Gasteiger partial charge in [-0.3, -0.25) is 4.79 Å². The summed E-state index contributed by atoms with van der Waals surface area (Å²) in [4.78, 5) is 17.2. The molecule has 1 aliphatic heterocycles. The number of hydrogen-bond donors (Lipinski definition) is 0. The first-order valence-corrected chi connectivity index (χ1v) is 9.89. The molecule has 3 rings (SSSR count). The lowest BCUT2D eigenvalue weighted by Gasteiger charge is -2.39. The highest BCUT2D eigenvalue weighted by atomic mass is 19.1. The monoisotopic (exact) mass is 368 g/mol. The van der Waals surface area contributed by atoms with Gasteiger partial charge >= 0.3 is 0 Å². The molecule has 1 heterocycles. The van der Waals surface area contributed by atoms with Gasteiger partial charge in [-0.05, 0) is 49.1 Å². The third kappa shape index (κ3) is 5.16. The summed E-state index contributed by atoms with van der Waals surface area (Å²) >= 11 is 0. The third-order valence-electron chi connectivity index (χ3n) is 5.32. The molecule has 0 unspecified atom stereocenters. The number of nitrogens with zero attached hydrogens (tertiary/aromatic N) is 2. The predicted octanol–water partition coefficient (Wildman–Crippen LogP) is 4.52. The van der Waals surface area contributed by atoms with Crippen LogP contribution in [0.15, 0.2) is 54.6 Å². The van der Waals surface area contributed by atoms with E-state index in [1.54, 1.807) is 12.1 Å². The number of hydrogen-bond acceptors (Lipinski definition) is 2. The van der Waals surface area contributed by atoms with E-state index in [0.717, 1.165) is 44.6 Å². The molecule has 0 radical (unpaired) electrons. The van der Waals surface area contributed by atoms with Crippen LogP contribution in [0.4, 0.5) is 10.1 Å². The van der Waals surface area contributed by atoms with Crippen molar-refractivity contribution in [2.75, 3.05) is 24.5 Å². The molecule has 0 N–H and O–H groups in total. The zero-order chi connectivity index (χ0) is 19.2. The minimum atomic E-state index is -0.272. The first kappa shape index (κ1) is 19.6. The topological polar surface area (TPSA) is 23.6 Å². The van der Waals surface area contributed by atoms with Crippen molar-refractivity contribution in [3.05, 3.63) is 66.0 Å². The molecule has 0 atom stereocenters. The molecule has 1 fully saturated rings. The van der Waals surface area contributed by atoms with Gasteiger partial charge in [0.2, 0.25) is 5.91 Å². The van der Waals surface area contributed by atoms with Crippen LogP contribution in [-0.2, 0) is 11.2 Å². The Morgan fingerprint density at radius 1 is 1.07 bits per heavy atom. The number of anilines is 1. The number of carbonyl (C=O) groups excluding carboxylic acids is 1. The maximum atomic E-state index is 13.3. The minimum absolute atomic E-state index is 0.0776. The van der Waals surface area contributed by atoms with Crippen molar-refractivity contribution in [1.82, 2.24) is 4.90 Å². The van der Waals surface area contributed by atoms with Crippen LogP contribution in [0.1, 0.15) is 32.3 Å². The van der Waals surface area contributed by atoms with Gasteiger partial charge in [-0.25, -0.2) is 4.39 Å². The molecule has 27 heavy (non-hydrogen) atoms. The Morgan fingerprint density at radius 2 is 1.70 bits per heavy atom. The highest BCUT2D eigenvalue weighted by Crippen LogP contribution is 2.26. The van der Waals surface area contributed by atoms with Crippen LogP contribution < -0.4 is 4.90 Å². The van der Waals surface area contributed by atoms with Crippen molar-refractivity contribution in [3.63, 3.8) is 0 Å². The molecule has 0 aromatic heterocycles. The average molecular weight is 368 g/mol. The second-order valence-electron chi connectivity index (χ2n) is 7.65. The summed E-state index contributed by atoms with van der Waals surface area (Å²) in [7, 11) is 0. The quantitative estimate of drug-likeness (QED) is 0.748. The number of benzene rings is 2. The lowest BCUT2D eigenvalue weighted by atomic mass is 9.99. The Kier molecular flexibility index (Phi) is 6.62. The van der Waals surface area contributed by atoms with Gasteiger partial charge in [0.1, 0.15) is 5.82 Å². The van der Waals surface area contributed by atoms with Crippen molar-refractivity contribution in [2.24, 2.45) is 5.92 Å². The normalized spacial score (nSPS) is 15.9. The van der Waals surface area contributed by atoms with Gasteiger partial charge in [0.15, 0.2) is 0 Å². The first-order valence-electron chi connectivity index (χ1n) is 9.89. The van der Waals surface area contributed by atoms with E-state index in [1.165, 1.54) is 17.7 Å². The zero-order valence-corrected chi connectivity index (χ0v) is 16.3. The second kappa shape index (κ2) is 9.14. The molecule has 0 spiro atoms. The van der Waals surface area contributed by atoms with E-state index in [9.17, 15) is 9.18 Å². The van der Waals surface area contributed by atoms with E-state index in [-0.39, 0.29) is 23.7 Å². The Bertz CT molecular complexity index is 722. The molecular formula is C23H29FN2O. The van der Waals surface area contributed by atoms with Crippen LogP contribution in [0.2, 0.25) is 0 Å². The second-order valence-corrected chi connectivity index (χ2v) is 7.65. The average Bonchev–Trinajstić information content (AvgIpc) is 2.69. The van der Waals surface area contributed by atoms with Gasteiger partial charge in [-0.1, -0.05) is 44.2 Å². The Morgan fingerprint density at radius 3 is 2.30 bits per heavy atom. The molecule has 2 aromatic rings. The number of piperidine rings is 1. The molecule has 3 nitrogen and oxygen atoms in total. The lowest BCUT2D eigenvalue weighted by molar-refractivity contribution is -0.122. The zero-order valence-electron chi connectivity index (χ0n) is 16.3. The van der Waals surface area contributed by atoms with E-state index in [1.807, 2.05) is 24.8 Å². The Labute approximate surface area is 161 Å². The van der Waals surface area contributed by atoms with Crippen LogP contribution in [0.25, 0.3) is 0 Å². The van der Waals surface area contributed by atoms with Crippen LogP contribution in [0.3, 0.4) is 0 Å². The van der Waals surface area contributed by atoms with Crippen molar-refractivity contribution in [1.29, 1.82) is 0 Å². The molecule has 1 saturated heterocycles. The molecular weight excluding hydrogens is 339 g/mol. The molecule has 0 bridgehead atoms. The van der Waals surface area contributed by atoms with Crippen LogP contribution >= 0.6 is 0 Å². The Balaban J connectivity index is 1.62. The number of amides is 1. The molecule has 0 saturated carbocycles. The summed E-state index contributed by atoms with van der Waals surface area (Å²) in [5.74, 6) is -0.234. The van der Waals surface area contributed by atoms with Gasteiger partial charge in [0.05, 0.1) is 0 Å². The van der Waals surface area contributed by atoms with Gasteiger partial charge in [0.25, 0.3) is 0 Å². The highest BCUT2D eigenvalue weighted by Gasteiger charge is 2.30. The number of likely N-dealkylation sites (tertiary alicyclic amines) is 1. The van der Waals surface area contributed by atoms with Crippen LogP contribution in [0, 0.1) is 11.7 Å². The standard InChI is InChI=1S/C23H29FN2O/c1-18(2)23(27)26(21-10-8-20(24)9-11-21)22-13-16-25(17-14-22)15-12-19-6-4-3-5-7-19/h3-11,18,22H,12-17H2,1-2H3. The molecule has 144 valence electrons. The SMILES string of the molecule is CC(C)C(=O)N(c1ccc(F)cc1)C1CCN(CCc2ccccc2)CC1. The first-order chi connectivity index (χ1) is 13.0. The summed E-state index contributed by atoms with van der Waals surface area (Å²) in [5.41, 5.74) is 2.17. The maximum absolute atomic E-state index is 13.3. The Hall–Kier alpha value is -2.20. The van der Waals surface area contributed by atoms with E-state index in [4.69, 9.17) is 0 Å².